The molecule has 0 atom stereocenters. The molecule has 1 saturated heterocycles. The first-order chi connectivity index (χ1) is 14.0. The predicted octanol–water partition coefficient (Wildman–Crippen LogP) is 1.74. The van der Waals surface area contributed by atoms with E-state index in [0.717, 1.165) is 11.4 Å². The lowest BCUT2D eigenvalue weighted by atomic mass is 10.2. The molecule has 1 amide bonds. The maximum atomic E-state index is 13.1. The van der Waals surface area contributed by atoms with Crippen LogP contribution < -0.4 is 5.56 Å². The molecule has 2 aliphatic heterocycles. The lowest BCUT2D eigenvalue weighted by Gasteiger charge is -2.26. The summed E-state index contributed by atoms with van der Waals surface area (Å²) in [6, 6.07) is 5.77. The summed E-state index contributed by atoms with van der Waals surface area (Å²) in [5.74, 6) is 0.918. The Morgan fingerprint density at radius 3 is 2.69 bits per heavy atom. The number of amides is 1. The second-order valence-corrected chi connectivity index (χ2v) is 8.51. The molecule has 29 heavy (non-hydrogen) atoms. The number of nitro groups is 1. The van der Waals surface area contributed by atoms with E-state index in [1.807, 2.05) is 0 Å². The van der Waals surface area contributed by atoms with E-state index in [0.29, 0.717) is 48.5 Å². The number of aromatic nitrogens is 2. The largest absolute Gasteiger partial charge is 0.378 e. The number of carbonyl (C=O) groups is 1. The molecule has 9 nitrogen and oxygen atoms in total. The molecule has 2 aliphatic rings. The normalized spacial score (nSPS) is 15.9. The Morgan fingerprint density at radius 2 is 2.00 bits per heavy atom. The molecule has 1 aromatic heterocycles. The molecule has 0 radical (unpaired) electrons. The standard InChI is InChI=1S/C18H18N4O5S2/c23-15(20-6-8-27-9-7-20)11-29-18-19-14-5-10-28-16(14)17(24)21(18)12-1-3-13(4-2-12)22(25)26/h1-4H,5-11H2. The van der Waals surface area contributed by atoms with Gasteiger partial charge in [0.25, 0.3) is 11.2 Å². The van der Waals surface area contributed by atoms with Gasteiger partial charge in [-0.2, -0.15) is 0 Å². The Balaban J connectivity index is 1.65. The maximum Gasteiger partial charge on any atom is 0.272 e. The lowest BCUT2D eigenvalue weighted by Crippen LogP contribution is -2.41. The number of thioether (sulfide) groups is 2. The number of nitro benzene ring substituents is 1. The van der Waals surface area contributed by atoms with Crippen LogP contribution in [0.2, 0.25) is 0 Å². The molecule has 0 spiro atoms. The Kier molecular flexibility index (Phi) is 5.88. The number of hydrogen-bond acceptors (Lipinski definition) is 8. The SMILES string of the molecule is O=C(CSc1nc2c(c(=O)n1-c1ccc([N+](=O)[O-])cc1)SCC2)N1CCOCC1. The zero-order valence-corrected chi connectivity index (χ0v) is 17.0. The van der Waals surface area contributed by atoms with Gasteiger partial charge < -0.3 is 9.64 Å². The zero-order chi connectivity index (χ0) is 20.4. The summed E-state index contributed by atoms with van der Waals surface area (Å²) in [5, 5.41) is 11.4. The fourth-order valence-corrected chi connectivity index (χ4v) is 5.13. The molecule has 152 valence electrons. The highest BCUT2D eigenvalue weighted by Crippen LogP contribution is 2.30. The number of aryl methyl sites for hydroxylation is 1. The van der Waals surface area contributed by atoms with Crippen molar-refractivity contribution in [2.45, 2.75) is 16.5 Å². The van der Waals surface area contributed by atoms with Gasteiger partial charge in [-0.15, -0.1) is 11.8 Å². The quantitative estimate of drug-likeness (QED) is 0.303. The number of carbonyl (C=O) groups excluding carboxylic acids is 1. The van der Waals surface area contributed by atoms with Crippen LogP contribution >= 0.6 is 23.5 Å². The molecule has 0 aliphatic carbocycles. The minimum Gasteiger partial charge on any atom is -0.378 e. The molecule has 4 rings (SSSR count). The highest BCUT2D eigenvalue weighted by atomic mass is 32.2. The van der Waals surface area contributed by atoms with Crippen LogP contribution in [-0.4, -0.2) is 63.1 Å². The van der Waals surface area contributed by atoms with Gasteiger partial charge in [0, 0.05) is 37.4 Å². The van der Waals surface area contributed by atoms with Crippen molar-refractivity contribution in [1.29, 1.82) is 0 Å². The van der Waals surface area contributed by atoms with E-state index in [2.05, 4.69) is 4.98 Å². The van der Waals surface area contributed by atoms with Gasteiger partial charge in [0.05, 0.1) is 40.2 Å². The summed E-state index contributed by atoms with van der Waals surface area (Å²) in [7, 11) is 0. The molecule has 0 unspecified atom stereocenters. The molecule has 1 fully saturated rings. The maximum absolute atomic E-state index is 13.1. The lowest BCUT2D eigenvalue weighted by molar-refractivity contribution is -0.384. The summed E-state index contributed by atoms with van der Waals surface area (Å²) < 4.78 is 6.72. The van der Waals surface area contributed by atoms with E-state index >= 15 is 0 Å². The van der Waals surface area contributed by atoms with Crippen LogP contribution in [0.5, 0.6) is 0 Å². The number of fused-ring (bicyclic) bond motifs is 1. The molecular weight excluding hydrogens is 416 g/mol. The van der Waals surface area contributed by atoms with Crippen LogP contribution in [0.15, 0.2) is 39.1 Å². The molecule has 0 N–H and O–H groups in total. The number of benzene rings is 1. The Labute approximate surface area is 174 Å². The third-order valence-corrected chi connectivity index (χ3v) is 6.70. The van der Waals surface area contributed by atoms with Gasteiger partial charge >= 0.3 is 0 Å². The number of non-ortho nitro benzene ring substituents is 1. The fraction of sp³-hybridized carbons (Fsp3) is 0.389. The number of hydrogen-bond donors (Lipinski definition) is 0. The van der Waals surface area contributed by atoms with E-state index in [1.165, 1.54) is 52.4 Å². The van der Waals surface area contributed by atoms with Crippen LogP contribution in [0.25, 0.3) is 5.69 Å². The molecule has 0 saturated carbocycles. The van der Waals surface area contributed by atoms with Crippen LogP contribution in [0, 0.1) is 10.1 Å². The highest BCUT2D eigenvalue weighted by molar-refractivity contribution is 8.00. The zero-order valence-electron chi connectivity index (χ0n) is 15.4. The van der Waals surface area contributed by atoms with E-state index in [1.54, 1.807) is 4.90 Å². The molecule has 2 aromatic rings. The van der Waals surface area contributed by atoms with Crippen molar-refractivity contribution in [3.8, 4) is 5.69 Å². The highest BCUT2D eigenvalue weighted by Gasteiger charge is 2.24. The average Bonchev–Trinajstić information content (AvgIpc) is 3.22. The van der Waals surface area contributed by atoms with E-state index in [-0.39, 0.29) is 22.9 Å². The topological polar surface area (TPSA) is 108 Å². The van der Waals surface area contributed by atoms with E-state index in [4.69, 9.17) is 4.74 Å². The van der Waals surface area contributed by atoms with Crippen molar-refractivity contribution in [2.24, 2.45) is 0 Å². The minimum absolute atomic E-state index is 0.0299. The van der Waals surface area contributed by atoms with E-state index < -0.39 is 4.92 Å². The van der Waals surface area contributed by atoms with Crippen LogP contribution in [-0.2, 0) is 16.0 Å². The van der Waals surface area contributed by atoms with Gasteiger partial charge in [0.1, 0.15) is 0 Å². The van der Waals surface area contributed by atoms with Crippen molar-refractivity contribution in [2.75, 3.05) is 37.8 Å². The predicted molar refractivity (Wildman–Crippen MR) is 109 cm³/mol. The van der Waals surface area contributed by atoms with Crippen molar-refractivity contribution in [3.05, 3.63) is 50.4 Å². The van der Waals surface area contributed by atoms with Crippen molar-refractivity contribution >= 4 is 35.1 Å². The van der Waals surface area contributed by atoms with Crippen LogP contribution in [0.3, 0.4) is 0 Å². The molecular formula is C18H18N4O5S2. The summed E-state index contributed by atoms with van der Waals surface area (Å²) >= 11 is 2.68. The summed E-state index contributed by atoms with van der Waals surface area (Å²) in [5.41, 5.74) is 0.985. The van der Waals surface area contributed by atoms with Crippen LogP contribution in [0.1, 0.15) is 5.69 Å². The number of morpholine rings is 1. The fourth-order valence-electron chi connectivity index (χ4n) is 3.17. The van der Waals surface area contributed by atoms with Gasteiger partial charge in [0.15, 0.2) is 5.16 Å². The summed E-state index contributed by atoms with van der Waals surface area (Å²) in [6.07, 6.45) is 0.710. The van der Waals surface area contributed by atoms with Gasteiger partial charge in [-0.25, -0.2) is 4.98 Å². The average molecular weight is 434 g/mol. The van der Waals surface area contributed by atoms with Gasteiger partial charge in [-0.05, 0) is 12.1 Å². The molecule has 1 aromatic carbocycles. The second kappa shape index (κ2) is 8.56. The summed E-state index contributed by atoms with van der Waals surface area (Å²) in [4.78, 5) is 43.0. The Hall–Kier alpha value is -2.37. The summed E-state index contributed by atoms with van der Waals surface area (Å²) in [6.45, 7) is 2.17. The molecule has 0 bridgehead atoms. The third kappa shape index (κ3) is 4.16. The first kappa shape index (κ1) is 19.9. The first-order valence-corrected chi connectivity index (χ1v) is 11.0. The van der Waals surface area contributed by atoms with Crippen molar-refractivity contribution in [3.63, 3.8) is 0 Å². The molecule has 11 heteroatoms. The number of nitrogens with zero attached hydrogens (tertiary/aromatic N) is 4. The third-order valence-electron chi connectivity index (χ3n) is 4.67. The number of rotatable bonds is 5. The number of ether oxygens (including phenoxy) is 1. The monoisotopic (exact) mass is 434 g/mol. The first-order valence-electron chi connectivity index (χ1n) is 9.06. The van der Waals surface area contributed by atoms with Crippen LogP contribution in [0.4, 0.5) is 5.69 Å². The second-order valence-electron chi connectivity index (χ2n) is 6.46. The van der Waals surface area contributed by atoms with Gasteiger partial charge in [-0.1, -0.05) is 11.8 Å². The van der Waals surface area contributed by atoms with Gasteiger partial charge in [0.2, 0.25) is 5.91 Å². The van der Waals surface area contributed by atoms with Gasteiger partial charge in [-0.3, -0.25) is 24.3 Å². The Morgan fingerprint density at radius 1 is 1.28 bits per heavy atom. The smallest absolute Gasteiger partial charge is 0.272 e. The molecule has 3 heterocycles. The van der Waals surface area contributed by atoms with Crippen molar-refractivity contribution < 1.29 is 14.5 Å². The minimum atomic E-state index is -0.486. The van der Waals surface area contributed by atoms with E-state index in [9.17, 15) is 19.7 Å². The Bertz CT molecular complexity index is 1000. The van der Waals surface area contributed by atoms with Crippen molar-refractivity contribution in [1.82, 2.24) is 14.5 Å².